The molecule has 3 atom stereocenters. The van der Waals surface area contributed by atoms with Gasteiger partial charge >= 0.3 is 0 Å². The summed E-state index contributed by atoms with van der Waals surface area (Å²) < 4.78 is 17.0. The fourth-order valence-electron chi connectivity index (χ4n) is 2.23. The van der Waals surface area contributed by atoms with Crippen LogP contribution in [-0.4, -0.2) is 39.1 Å². The van der Waals surface area contributed by atoms with Crippen LogP contribution in [0.4, 0.5) is 0 Å². The average Bonchev–Trinajstić information content (AvgIpc) is 2.39. The summed E-state index contributed by atoms with van der Waals surface area (Å²) in [5.74, 6) is 1.30. The quantitative estimate of drug-likeness (QED) is 0.446. The second kappa shape index (κ2) is 13.8. The Morgan fingerprint density at radius 3 is 1.80 bits per heavy atom. The van der Waals surface area contributed by atoms with E-state index in [0.717, 1.165) is 13.2 Å². The lowest BCUT2D eigenvalue weighted by atomic mass is 10.1. The lowest BCUT2D eigenvalue weighted by molar-refractivity contribution is -0.0380. The minimum atomic E-state index is 0.153. The standard InChI is InChI=1S/C17H36O3/c1-6-8-15(3)12-18-10-11-20-17(5)14-19-13-16(4)9-7-2/h15-17H,6-14H2,1-5H3. The van der Waals surface area contributed by atoms with E-state index in [1.807, 2.05) is 0 Å². The predicted molar refractivity (Wildman–Crippen MR) is 85.2 cm³/mol. The van der Waals surface area contributed by atoms with Gasteiger partial charge in [-0.2, -0.15) is 0 Å². The Morgan fingerprint density at radius 2 is 1.25 bits per heavy atom. The van der Waals surface area contributed by atoms with Crippen molar-refractivity contribution in [3.05, 3.63) is 0 Å². The molecule has 0 bridgehead atoms. The minimum absolute atomic E-state index is 0.153. The maximum Gasteiger partial charge on any atom is 0.0781 e. The van der Waals surface area contributed by atoms with Crippen molar-refractivity contribution in [1.29, 1.82) is 0 Å². The van der Waals surface area contributed by atoms with Gasteiger partial charge in [-0.05, 0) is 31.6 Å². The van der Waals surface area contributed by atoms with Crippen molar-refractivity contribution in [2.75, 3.05) is 33.0 Å². The first-order valence-electron chi connectivity index (χ1n) is 8.37. The molecular formula is C17H36O3. The van der Waals surface area contributed by atoms with Gasteiger partial charge in [0.1, 0.15) is 0 Å². The summed E-state index contributed by atoms with van der Waals surface area (Å²) in [6.07, 6.45) is 5.08. The second-order valence-corrected chi connectivity index (χ2v) is 6.08. The third-order valence-corrected chi connectivity index (χ3v) is 3.35. The van der Waals surface area contributed by atoms with Crippen molar-refractivity contribution < 1.29 is 14.2 Å². The highest BCUT2D eigenvalue weighted by Gasteiger charge is 2.06. The van der Waals surface area contributed by atoms with E-state index in [9.17, 15) is 0 Å². The third kappa shape index (κ3) is 12.9. The lowest BCUT2D eigenvalue weighted by Gasteiger charge is -2.16. The van der Waals surface area contributed by atoms with E-state index in [-0.39, 0.29) is 6.10 Å². The molecule has 0 N–H and O–H groups in total. The summed E-state index contributed by atoms with van der Waals surface area (Å²) in [7, 11) is 0. The van der Waals surface area contributed by atoms with E-state index >= 15 is 0 Å². The molecule has 0 radical (unpaired) electrons. The number of hydrogen-bond acceptors (Lipinski definition) is 3. The molecule has 0 fully saturated rings. The third-order valence-electron chi connectivity index (χ3n) is 3.35. The Hall–Kier alpha value is -0.120. The first kappa shape index (κ1) is 19.9. The highest BCUT2D eigenvalue weighted by Crippen LogP contribution is 2.06. The molecule has 3 nitrogen and oxygen atoms in total. The molecule has 0 aliphatic heterocycles. The van der Waals surface area contributed by atoms with Crippen LogP contribution in [-0.2, 0) is 14.2 Å². The van der Waals surface area contributed by atoms with Crippen LogP contribution in [0, 0.1) is 11.8 Å². The average molecular weight is 288 g/mol. The summed E-state index contributed by atoms with van der Waals surface area (Å²) in [5.41, 5.74) is 0. The van der Waals surface area contributed by atoms with Gasteiger partial charge < -0.3 is 14.2 Å². The molecule has 3 unspecified atom stereocenters. The van der Waals surface area contributed by atoms with Gasteiger partial charge in [-0.15, -0.1) is 0 Å². The maximum atomic E-state index is 5.68. The van der Waals surface area contributed by atoms with Crippen molar-refractivity contribution in [3.63, 3.8) is 0 Å². The zero-order valence-corrected chi connectivity index (χ0v) is 14.3. The number of hydrogen-bond donors (Lipinski definition) is 0. The molecule has 0 aromatic rings. The molecule has 0 aromatic carbocycles. The smallest absolute Gasteiger partial charge is 0.0781 e. The molecule has 0 amide bonds. The van der Waals surface area contributed by atoms with Crippen LogP contribution in [0.5, 0.6) is 0 Å². The maximum absolute atomic E-state index is 5.68. The fourth-order valence-corrected chi connectivity index (χ4v) is 2.23. The number of ether oxygens (including phenoxy) is 3. The predicted octanol–water partition coefficient (Wildman–Crippen LogP) is 4.30. The zero-order valence-electron chi connectivity index (χ0n) is 14.3. The Bertz CT molecular complexity index is 197. The molecule has 0 aliphatic carbocycles. The molecule has 0 aliphatic rings. The molecule has 0 saturated carbocycles. The first-order valence-corrected chi connectivity index (χ1v) is 8.37. The zero-order chi connectivity index (χ0) is 15.2. The Morgan fingerprint density at radius 1 is 0.700 bits per heavy atom. The lowest BCUT2D eigenvalue weighted by Crippen LogP contribution is -2.21. The van der Waals surface area contributed by atoms with Crippen LogP contribution >= 0.6 is 0 Å². The van der Waals surface area contributed by atoms with Crippen LogP contribution < -0.4 is 0 Å². The van der Waals surface area contributed by atoms with Crippen LogP contribution in [0.15, 0.2) is 0 Å². The molecule has 0 spiro atoms. The summed E-state index contributed by atoms with van der Waals surface area (Å²) in [4.78, 5) is 0. The molecule has 20 heavy (non-hydrogen) atoms. The van der Waals surface area contributed by atoms with Gasteiger partial charge in [-0.1, -0.05) is 40.5 Å². The Balaban J connectivity index is 3.34. The normalized spacial score (nSPS) is 16.1. The largest absolute Gasteiger partial charge is 0.379 e. The van der Waals surface area contributed by atoms with E-state index in [0.29, 0.717) is 31.7 Å². The van der Waals surface area contributed by atoms with Crippen LogP contribution in [0.1, 0.15) is 60.3 Å². The SMILES string of the molecule is CCCC(C)COCCOC(C)COCC(C)CCC. The van der Waals surface area contributed by atoms with Crippen molar-refractivity contribution >= 4 is 0 Å². The first-order chi connectivity index (χ1) is 9.60. The topological polar surface area (TPSA) is 27.7 Å². The van der Waals surface area contributed by atoms with E-state index in [1.54, 1.807) is 0 Å². The molecule has 0 aromatic heterocycles. The van der Waals surface area contributed by atoms with Gasteiger partial charge in [-0.3, -0.25) is 0 Å². The van der Waals surface area contributed by atoms with Gasteiger partial charge in [0.15, 0.2) is 0 Å². The van der Waals surface area contributed by atoms with E-state index in [1.165, 1.54) is 25.7 Å². The van der Waals surface area contributed by atoms with E-state index in [4.69, 9.17) is 14.2 Å². The highest BCUT2D eigenvalue weighted by atomic mass is 16.5. The summed E-state index contributed by atoms with van der Waals surface area (Å²) >= 11 is 0. The van der Waals surface area contributed by atoms with E-state index in [2.05, 4.69) is 34.6 Å². The van der Waals surface area contributed by atoms with Gasteiger partial charge in [0.25, 0.3) is 0 Å². The van der Waals surface area contributed by atoms with Crippen molar-refractivity contribution in [1.82, 2.24) is 0 Å². The van der Waals surface area contributed by atoms with Gasteiger partial charge in [0.05, 0.1) is 25.9 Å². The number of rotatable bonds is 14. The van der Waals surface area contributed by atoms with Crippen molar-refractivity contribution in [2.24, 2.45) is 11.8 Å². The van der Waals surface area contributed by atoms with Gasteiger partial charge in [-0.25, -0.2) is 0 Å². The highest BCUT2D eigenvalue weighted by molar-refractivity contribution is 4.53. The van der Waals surface area contributed by atoms with Crippen LogP contribution in [0.2, 0.25) is 0 Å². The second-order valence-electron chi connectivity index (χ2n) is 6.08. The molecular weight excluding hydrogens is 252 g/mol. The van der Waals surface area contributed by atoms with E-state index < -0.39 is 0 Å². The van der Waals surface area contributed by atoms with Crippen LogP contribution in [0.3, 0.4) is 0 Å². The molecule has 122 valence electrons. The molecule has 0 heterocycles. The Kier molecular flexibility index (Phi) is 13.8. The van der Waals surface area contributed by atoms with Crippen molar-refractivity contribution in [2.45, 2.75) is 66.4 Å². The van der Waals surface area contributed by atoms with Crippen molar-refractivity contribution in [3.8, 4) is 0 Å². The monoisotopic (exact) mass is 288 g/mol. The Labute approximate surface area is 126 Å². The fraction of sp³-hybridized carbons (Fsp3) is 1.00. The van der Waals surface area contributed by atoms with Crippen LogP contribution in [0.25, 0.3) is 0 Å². The minimum Gasteiger partial charge on any atom is -0.379 e. The summed E-state index contributed by atoms with van der Waals surface area (Å²) in [6, 6.07) is 0. The summed E-state index contributed by atoms with van der Waals surface area (Å²) in [6.45, 7) is 14.7. The van der Waals surface area contributed by atoms with Gasteiger partial charge in [0, 0.05) is 13.2 Å². The molecule has 0 rings (SSSR count). The summed E-state index contributed by atoms with van der Waals surface area (Å²) in [5, 5.41) is 0. The van der Waals surface area contributed by atoms with Gasteiger partial charge in [0.2, 0.25) is 0 Å². The molecule has 0 saturated heterocycles. The molecule has 3 heteroatoms.